The third-order valence-corrected chi connectivity index (χ3v) is 3.33. The van der Waals surface area contributed by atoms with Crippen molar-refractivity contribution in [1.82, 2.24) is 5.32 Å². The lowest BCUT2D eigenvalue weighted by atomic mass is 10.00. The van der Waals surface area contributed by atoms with Crippen LogP contribution in [0.25, 0.3) is 0 Å². The second kappa shape index (κ2) is 6.05. The van der Waals surface area contributed by atoms with Gasteiger partial charge in [0.15, 0.2) is 0 Å². The van der Waals surface area contributed by atoms with E-state index in [1.54, 1.807) is 0 Å². The molecule has 0 radical (unpaired) electrons. The van der Waals surface area contributed by atoms with Crippen LogP contribution in [0.1, 0.15) is 38.8 Å². The first-order valence-corrected chi connectivity index (χ1v) is 6.31. The molecule has 1 aromatic carbocycles. The fraction of sp³-hybridized carbons (Fsp3) is 0.600. The number of rotatable bonds is 5. The van der Waals surface area contributed by atoms with Gasteiger partial charge in [-0.2, -0.15) is 0 Å². The van der Waals surface area contributed by atoms with Crippen LogP contribution in [0, 0.1) is 12.8 Å². The average molecular weight is 219 g/mol. The van der Waals surface area contributed by atoms with Gasteiger partial charge in [0.2, 0.25) is 0 Å². The molecule has 0 aromatic heterocycles. The monoisotopic (exact) mass is 219 g/mol. The lowest BCUT2D eigenvalue weighted by Crippen LogP contribution is -2.39. The minimum atomic E-state index is 0.540. The van der Waals surface area contributed by atoms with Gasteiger partial charge in [0.05, 0.1) is 0 Å². The van der Waals surface area contributed by atoms with Crippen LogP contribution in [0.4, 0.5) is 0 Å². The zero-order valence-corrected chi connectivity index (χ0v) is 11.2. The molecule has 1 aromatic rings. The van der Waals surface area contributed by atoms with E-state index in [9.17, 15) is 0 Å². The Morgan fingerprint density at radius 2 is 1.69 bits per heavy atom. The standard InChI is InChI=1S/C15H25N/c1-11(2)14(5)16-13(4)10-15-9-7-6-8-12(15)3/h6-9,11,13-14,16H,10H2,1-5H3. The Kier molecular flexibility index (Phi) is 5.01. The molecular formula is C15H25N. The Morgan fingerprint density at radius 3 is 2.25 bits per heavy atom. The summed E-state index contributed by atoms with van der Waals surface area (Å²) in [4.78, 5) is 0. The maximum atomic E-state index is 3.65. The molecule has 0 spiro atoms. The van der Waals surface area contributed by atoms with Gasteiger partial charge in [0.1, 0.15) is 0 Å². The summed E-state index contributed by atoms with van der Waals surface area (Å²) in [6, 6.07) is 9.77. The molecule has 0 bridgehead atoms. The molecular weight excluding hydrogens is 194 g/mol. The maximum absolute atomic E-state index is 3.65. The highest BCUT2D eigenvalue weighted by Gasteiger charge is 2.11. The predicted molar refractivity (Wildman–Crippen MR) is 71.8 cm³/mol. The fourth-order valence-electron chi connectivity index (χ4n) is 1.87. The van der Waals surface area contributed by atoms with Crippen molar-refractivity contribution < 1.29 is 0 Å². The zero-order chi connectivity index (χ0) is 12.1. The molecule has 0 fully saturated rings. The highest BCUT2D eigenvalue weighted by atomic mass is 14.9. The molecule has 16 heavy (non-hydrogen) atoms. The van der Waals surface area contributed by atoms with Crippen LogP contribution >= 0.6 is 0 Å². The van der Waals surface area contributed by atoms with Gasteiger partial charge in [-0.1, -0.05) is 38.1 Å². The zero-order valence-electron chi connectivity index (χ0n) is 11.2. The van der Waals surface area contributed by atoms with Crippen molar-refractivity contribution in [3.05, 3.63) is 35.4 Å². The van der Waals surface area contributed by atoms with Gasteiger partial charge in [-0.3, -0.25) is 0 Å². The number of nitrogens with one attached hydrogen (secondary N) is 1. The quantitative estimate of drug-likeness (QED) is 0.798. The van der Waals surface area contributed by atoms with Gasteiger partial charge in [-0.25, -0.2) is 0 Å². The van der Waals surface area contributed by atoms with Gasteiger partial charge in [0, 0.05) is 12.1 Å². The first kappa shape index (κ1) is 13.2. The Labute approximate surface area is 100 Å². The van der Waals surface area contributed by atoms with E-state index in [1.165, 1.54) is 11.1 Å². The second-order valence-corrected chi connectivity index (χ2v) is 5.23. The minimum Gasteiger partial charge on any atom is -0.311 e. The lowest BCUT2D eigenvalue weighted by molar-refractivity contribution is 0.382. The number of hydrogen-bond donors (Lipinski definition) is 1. The van der Waals surface area contributed by atoms with Gasteiger partial charge in [0.25, 0.3) is 0 Å². The van der Waals surface area contributed by atoms with E-state index in [0.717, 1.165) is 6.42 Å². The second-order valence-electron chi connectivity index (χ2n) is 5.23. The van der Waals surface area contributed by atoms with Gasteiger partial charge < -0.3 is 5.32 Å². The van der Waals surface area contributed by atoms with E-state index in [1.807, 2.05) is 0 Å². The fourth-order valence-corrected chi connectivity index (χ4v) is 1.87. The maximum Gasteiger partial charge on any atom is 0.00818 e. The normalized spacial score (nSPS) is 15.1. The Morgan fingerprint density at radius 1 is 1.06 bits per heavy atom. The van der Waals surface area contributed by atoms with Crippen LogP contribution in [0.15, 0.2) is 24.3 Å². The van der Waals surface area contributed by atoms with Crippen LogP contribution in [0.5, 0.6) is 0 Å². The summed E-state index contributed by atoms with van der Waals surface area (Å²) < 4.78 is 0. The summed E-state index contributed by atoms with van der Waals surface area (Å²) in [6.07, 6.45) is 1.11. The van der Waals surface area contributed by atoms with Crippen molar-refractivity contribution >= 4 is 0 Å². The SMILES string of the molecule is Cc1ccccc1CC(C)NC(C)C(C)C. The Hall–Kier alpha value is -0.820. The largest absolute Gasteiger partial charge is 0.311 e. The molecule has 1 rings (SSSR count). The number of aryl methyl sites for hydroxylation is 1. The summed E-state index contributed by atoms with van der Waals surface area (Å²) in [5, 5.41) is 3.65. The molecule has 1 N–H and O–H groups in total. The molecule has 2 unspecified atom stereocenters. The van der Waals surface area contributed by atoms with Crippen LogP contribution in [-0.2, 0) is 6.42 Å². The molecule has 0 saturated heterocycles. The molecule has 90 valence electrons. The minimum absolute atomic E-state index is 0.540. The average Bonchev–Trinajstić information content (AvgIpc) is 2.21. The van der Waals surface area contributed by atoms with Crippen LogP contribution in [-0.4, -0.2) is 12.1 Å². The molecule has 0 aliphatic carbocycles. The smallest absolute Gasteiger partial charge is 0.00818 e. The highest BCUT2D eigenvalue weighted by Crippen LogP contribution is 2.11. The van der Waals surface area contributed by atoms with Crippen molar-refractivity contribution in [1.29, 1.82) is 0 Å². The highest BCUT2D eigenvalue weighted by molar-refractivity contribution is 5.26. The van der Waals surface area contributed by atoms with Crippen molar-refractivity contribution in [2.75, 3.05) is 0 Å². The molecule has 1 nitrogen and oxygen atoms in total. The Bertz CT molecular complexity index is 317. The first-order valence-electron chi connectivity index (χ1n) is 6.31. The summed E-state index contributed by atoms with van der Waals surface area (Å²) in [6.45, 7) is 11.2. The van der Waals surface area contributed by atoms with E-state index in [4.69, 9.17) is 0 Å². The molecule has 0 saturated carbocycles. The topological polar surface area (TPSA) is 12.0 Å². The van der Waals surface area contributed by atoms with Crippen LogP contribution < -0.4 is 5.32 Å². The van der Waals surface area contributed by atoms with E-state index in [2.05, 4.69) is 64.2 Å². The molecule has 0 heterocycles. The predicted octanol–water partition coefficient (Wildman–Crippen LogP) is 3.56. The molecule has 0 aliphatic heterocycles. The molecule has 2 atom stereocenters. The number of benzene rings is 1. The van der Waals surface area contributed by atoms with E-state index in [0.29, 0.717) is 18.0 Å². The molecule has 0 aliphatic rings. The van der Waals surface area contributed by atoms with Gasteiger partial charge >= 0.3 is 0 Å². The first-order chi connectivity index (χ1) is 7.50. The van der Waals surface area contributed by atoms with E-state index in [-0.39, 0.29) is 0 Å². The van der Waals surface area contributed by atoms with Crippen molar-refractivity contribution in [3.8, 4) is 0 Å². The van der Waals surface area contributed by atoms with Crippen LogP contribution in [0.3, 0.4) is 0 Å². The van der Waals surface area contributed by atoms with Crippen molar-refractivity contribution in [2.45, 2.75) is 53.1 Å². The summed E-state index contributed by atoms with van der Waals surface area (Å²) in [5.41, 5.74) is 2.85. The van der Waals surface area contributed by atoms with Crippen molar-refractivity contribution in [3.63, 3.8) is 0 Å². The number of hydrogen-bond acceptors (Lipinski definition) is 1. The van der Waals surface area contributed by atoms with Gasteiger partial charge in [-0.05, 0) is 44.2 Å². The third-order valence-electron chi connectivity index (χ3n) is 3.33. The van der Waals surface area contributed by atoms with Gasteiger partial charge in [-0.15, -0.1) is 0 Å². The Balaban J connectivity index is 2.52. The summed E-state index contributed by atoms with van der Waals surface area (Å²) in [5.74, 6) is 0.694. The van der Waals surface area contributed by atoms with E-state index >= 15 is 0 Å². The van der Waals surface area contributed by atoms with E-state index < -0.39 is 0 Å². The molecule has 0 amide bonds. The summed E-state index contributed by atoms with van der Waals surface area (Å²) >= 11 is 0. The molecule has 1 heteroatoms. The van der Waals surface area contributed by atoms with Crippen molar-refractivity contribution in [2.24, 2.45) is 5.92 Å². The summed E-state index contributed by atoms with van der Waals surface area (Å²) in [7, 11) is 0. The van der Waals surface area contributed by atoms with Crippen LogP contribution in [0.2, 0.25) is 0 Å². The lowest BCUT2D eigenvalue weighted by Gasteiger charge is -2.23. The third kappa shape index (κ3) is 3.97.